The van der Waals surface area contributed by atoms with Gasteiger partial charge in [-0.25, -0.2) is 0 Å². The number of rotatable bonds is 7. The van der Waals surface area contributed by atoms with Crippen molar-refractivity contribution >= 4 is 5.91 Å². The average Bonchev–Trinajstić information content (AvgIpc) is 2.69. The minimum Gasteiger partial charge on any atom is -0.368 e. The zero-order valence-corrected chi connectivity index (χ0v) is 9.58. The van der Waals surface area contributed by atoms with E-state index in [9.17, 15) is 4.79 Å². The average molecular weight is 237 g/mol. The van der Waals surface area contributed by atoms with Gasteiger partial charge < -0.3 is 11.1 Å². The van der Waals surface area contributed by atoms with E-state index in [1.165, 1.54) is 0 Å². The van der Waals surface area contributed by atoms with Gasteiger partial charge in [0, 0.05) is 30.3 Å². The van der Waals surface area contributed by atoms with E-state index in [2.05, 4.69) is 20.4 Å². The van der Waals surface area contributed by atoms with Crippen LogP contribution in [0.1, 0.15) is 18.0 Å². The maximum Gasteiger partial charge on any atom is 0.239 e. The molecule has 8 nitrogen and oxygen atoms in total. The maximum atomic E-state index is 11.3. The molecule has 0 aliphatic heterocycles. The quantitative estimate of drug-likeness (QED) is 0.305. The van der Waals surface area contributed by atoms with E-state index in [0.717, 1.165) is 5.56 Å². The van der Waals surface area contributed by atoms with Gasteiger partial charge in [-0.3, -0.25) is 9.48 Å². The number of aryl methyl sites for hydroxylation is 1. The van der Waals surface area contributed by atoms with Crippen LogP contribution in [0.4, 0.5) is 0 Å². The lowest BCUT2D eigenvalue weighted by Crippen LogP contribution is -2.34. The van der Waals surface area contributed by atoms with Gasteiger partial charge in [0.1, 0.15) is 6.04 Å². The Kier molecular flexibility index (Phi) is 4.99. The Morgan fingerprint density at radius 3 is 3.12 bits per heavy atom. The minimum absolute atomic E-state index is 0.391. The molecule has 0 aliphatic carbocycles. The molecular weight excluding hydrogens is 222 g/mol. The molecule has 0 saturated heterocycles. The highest BCUT2D eigenvalue weighted by molar-refractivity contribution is 5.81. The Morgan fingerprint density at radius 2 is 2.59 bits per heavy atom. The smallest absolute Gasteiger partial charge is 0.239 e. The highest BCUT2D eigenvalue weighted by Gasteiger charge is 2.17. The summed E-state index contributed by atoms with van der Waals surface area (Å²) < 4.78 is 1.60. The summed E-state index contributed by atoms with van der Waals surface area (Å²) in [6.07, 6.45) is 3.97. The monoisotopic (exact) mass is 237 g/mol. The Hall–Kier alpha value is -2.05. The molecule has 1 atom stereocenters. The first-order chi connectivity index (χ1) is 8.15. The summed E-state index contributed by atoms with van der Waals surface area (Å²) in [6.45, 7) is 0.934. The first-order valence-electron chi connectivity index (χ1n) is 5.17. The molecule has 92 valence electrons. The van der Waals surface area contributed by atoms with Gasteiger partial charge in [-0.05, 0) is 18.5 Å². The molecule has 0 aromatic carbocycles. The van der Waals surface area contributed by atoms with Gasteiger partial charge in [-0.1, -0.05) is 5.11 Å². The predicted molar refractivity (Wildman–Crippen MR) is 61.8 cm³/mol. The maximum absolute atomic E-state index is 11.3. The van der Waals surface area contributed by atoms with Gasteiger partial charge in [0.2, 0.25) is 5.91 Å². The fourth-order valence-corrected chi connectivity index (χ4v) is 1.41. The summed E-state index contributed by atoms with van der Waals surface area (Å²) in [7, 11) is 1.77. The van der Waals surface area contributed by atoms with Gasteiger partial charge >= 0.3 is 0 Å². The van der Waals surface area contributed by atoms with Crippen molar-refractivity contribution in [1.82, 2.24) is 15.1 Å². The number of amides is 1. The summed E-state index contributed by atoms with van der Waals surface area (Å²) >= 11 is 0. The van der Waals surface area contributed by atoms with Crippen LogP contribution in [0, 0.1) is 0 Å². The van der Waals surface area contributed by atoms with Crippen molar-refractivity contribution in [3.8, 4) is 0 Å². The molecule has 1 rings (SSSR count). The molecular formula is C9H15N7O. The van der Waals surface area contributed by atoms with Crippen LogP contribution < -0.4 is 11.1 Å². The van der Waals surface area contributed by atoms with E-state index in [1.807, 2.05) is 0 Å². The first-order valence-corrected chi connectivity index (χ1v) is 5.17. The molecule has 0 saturated carbocycles. The Bertz CT molecular complexity index is 421. The van der Waals surface area contributed by atoms with Crippen LogP contribution in [0.2, 0.25) is 0 Å². The third kappa shape index (κ3) is 4.13. The Labute approximate surface area is 98.4 Å². The number of hydrogen-bond acceptors (Lipinski definition) is 4. The second-order valence-electron chi connectivity index (χ2n) is 3.54. The molecule has 17 heavy (non-hydrogen) atoms. The second kappa shape index (κ2) is 6.51. The van der Waals surface area contributed by atoms with Crippen molar-refractivity contribution < 1.29 is 4.79 Å². The summed E-state index contributed by atoms with van der Waals surface area (Å²) in [6, 6.07) is -0.560. The molecule has 0 aliphatic rings. The number of aromatic nitrogens is 2. The number of azide groups is 1. The van der Waals surface area contributed by atoms with Crippen molar-refractivity contribution in [1.29, 1.82) is 0 Å². The first kappa shape index (κ1) is 13.0. The largest absolute Gasteiger partial charge is 0.368 e. The molecule has 1 unspecified atom stereocenters. The topological polar surface area (TPSA) is 122 Å². The number of carbonyl (C=O) groups excluding carboxylic acids is 1. The number of nitrogens with one attached hydrogen (secondary N) is 1. The molecule has 8 heteroatoms. The third-order valence-corrected chi connectivity index (χ3v) is 2.19. The van der Waals surface area contributed by atoms with Gasteiger partial charge in [-0.15, -0.1) is 0 Å². The van der Waals surface area contributed by atoms with E-state index in [1.54, 1.807) is 24.1 Å². The summed E-state index contributed by atoms with van der Waals surface area (Å²) in [5, 5.41) is 10.4. The molecule has 1 heterocycles. The van der Waals surface area contributed by atoms with Crippen LogP contribution in [0.15, 0.2) is 17.5 Å². The van der Waals surface area contributed by atoms with Crippen LogP contribution in [0.5, 0.6) is 0 Å². The molecule has 0 bridgehead atoms. The highest BCUT2D eigenvalue weighted by atomic mass is 16.1. The van der Waals surface area contributed by atoms with Crippen molar-refractivity contribution in [3.05, 3.63) is 28.4 Å². The van der Waals surface area contributed by atoms with Gasteiger partial charge in [-0.2, -0.15) is 5.10 Å². The van der Waals surface area contributed by atoms with Crippen molar-refractivity contribution in [2.24, 2.45) is 17.9 Å². The number of primary amides is 1. The van der Waals surface area contributed by atoms with Crippen LogP contribution in [-0.4, -0.2) is 28.8 Å². The van der Waals surface area contributed by atoms with Gasteiger partial charge in [0.15, 0.2) is 0 Å². The zero-order chi connectivity index (χ0) is 12.7. The Balaban J connectivity index is 2.50. The van der Waals surface area contributed by atoms with Crippen LogP contribution in [0.25, 0.3) is 10.4 Å². The SMILES string of the molecule is Cn1cc(C(NCCCN=[N+]=[N-])C(N)=O)cn1. The van der Waals surface area contributed by atoms with E-state index >= 15 is 0 Å². The van der Waals surface area contributed by atoms with Crippen molar-refractivity contribution in [2.75, 3.05) is 13.1 Å². The molecule has 3 N–H and O–H groups in total. The lowest BCUT2D eigenvalue weighted by molar-refractivity contribution is -0.120. The number of carbonyl (C=O) groups is 1. The Morgan fingerprint density at radius 1 is 1.82 bits per heavy atom. The fraction of sp³-hybridized carbons (Fsp3) is 0.556. The normalized spacial score (nSPS) is 11.8. The summed E-state index contributed by atoms with van der Waals surface area (Å²) in [5.41, 5.74) is 14.1. The standard InChI is InChI=1S/C9H15N7O/c1-16-6-7(5-14-16)8(9(10)17)12-3-2-4-13-15-11/h5-6,8,12H,2-4H2,1H3,(H2,10,17). The number of nitrogens with two attached hydrogens (primary N) is 1. The molecule has 1 amide bonds. The van der Waals surface area contributed by atoms with Gasteiger partial charge in [0.05, 0.1) is 6.20 Å². The predicted octanol–water partition coefficient (Wildman–Crippen LogP) is 0.236. The van der Waals surface area contributed by atoms with Gasteiger partial charge in [0.25, 0.3) is 0 Å². The third-order valence-electron chi connectivity index (χ3n) is 2.19. The number of hydrogen-bond donors (Lipinski definition) is 2. The van der Waals surface area contributed by atoms with Crippen molar-refractivity contribution in [2.45, 2.75) is 12.5 Å². The molecule has 1 aromatic rings. The highest BCUT2D eigenvalue weighted by Crippen LogP contribution is 2.10. The zero-order valence-electron chi connectivity index (χ0n) is 9.58. The van der Waals surface area contributed by atoms with Crippen molar-refractivity contribution in [3.63, 3.8) is 0 Å². The lowest BCUT2D eigenvalue weighted by atomic mass is 10.1. The molecule has 0 radical (unpaired) electrons. The molecule has 0 spiro atoms. The van der Waals surface area contributed by atoms with Crippen LogP contribution in [-0.2, 0) is 11.8 Å². The lowest BCUT2D eigenvalue weighted by Gasteiger charge is -2.12. The van der Waals surface area contributed by atoms with E-state index in [-0.39, 0.29) is 0 Å². The minimum atomic E-state index is -0.560. The molecule has 0 fully saturated rings. The second-order valence-corrected chi connectivity index (χ2v) is 3.54. The van der Waals surface area contributed by atoms with E-state index in [0.29, 0.717) is 19.5 Å². The van der Waals surface area contributed by atoms with E-state index in [4.69, 9.17) is 11.3 Å². The fourth-order valence-electron chi connectivity index (χ4n) is 1.41. The van der Waals surface area contributed by atoms with Crippen LogP contribution >= 0.6 is 0 Å². The number of nitrogens with zero attached hydrogens (tertiary/aromatic N) is 5. The summed E-state index contributed by atoms with van der Waals surface area (Å²) in [4.78, 5) is 13.9. The van der Waals surface area contributed by atoms with E-state index < -0.39 is 11.9 Å². The van der Waals surface area contributed by atoms with Crippen LogP contribution in [0.3, 0.4) is 0 Å². The summed E-state index contributed by atoms with van der Waals surface area (Å²) in [5.74, 6) is -0.457. The molecule has 1 aromatic heterocycles.